The highest BCUT2D eigenvalue weighted by molar-refractivity contribution is 5.80. The molecule has 0 bridgehead atoms. The molecular formula is C22H32N4O2. The van der Waals surface area contributed by atoms with Gasteiger partial charge in [0.2, 0.25) is 0 Å². The van der Waals surface area contributed by atoms with E-state index < -0.39 is 0 Å². The molecule has 1 saturated heterocycles. The lowest BCUT2D eigenvalue weighted by Gasteiger charge is -2.22. The van der Waals surface area contributed by atoms with Gasteiger partial charge in [-0.25, -0.2) is 0 Å². The van der Waals surface area contributed by atoms with Gasteiger partial charge in [0.1, 0.15) is 12.4 Å². The summed E-state index contributed by atoms with van der Waals surface area (Å²) in [5.74, 6) is 1.67. The van der Waals surface area contributed by atoms with E-state index in [4.69, 9.17) is 9.15 Å². The minimum atomic E-state index is 0.184. The van der Waals surface area contributed by atoms with E-state index in [-0.39, 0.29) is 6.04 Å². The Bertz CT molecular complexity index is 724. The fourth-order valence-corrected chi connectivity index (χ4v) is 3.40. The molecule has 1 aromatic carbocycles. The topological polar surface area (TPSA) is 62.0 Å². The number of ether oxygens (including phenoxy) is 1. The number of hydrogen-bond acceptors (Lipinski definition) is 4. The normalized spacial score (nSPS) is 15.6. The zero-order chi connectivity index (χ0) is 19.6. The molecule has 0 saturated carbocycles. The molecule has 1 aromatic heterocycles. The molecule has 28 heavy (non-hydrogen) atoms. The highest BCUT2D eigenvalue weighted by atomic mass is 16.5. The van der Waals surface area contributed by atoms with Crippen molar-refractivity contribution < 1.29 is 9.15 Å². The van der Waals surface area contributed by atoms with E-state index in [9.17, 15) is 0 Å². The number of anilines is 1. The number of nitrogens with one attached hydrogen (secondary N) is 2. The summed E-state index contributed by atoms with van der Waals surface area (Å²) in [4.78, 5) is 6.80. The van der Waals surface area contributed by atoms with Gasteiger partial charge in [0.25, 0.3) is 0 Å². The van der Waals surface area contributed by atoms with Gasteiger partial charge in [-0.05, 0) is 56.0 Å². The Morgan fingerprint density at radius 3 is 2.86 bits per heavy atom. The summed E-state index contributed by atoms with van der Waals surface area (Å²) < 4.78 is 10.9. The van der Waals surface area contributed by atoms with E-state index in [0.717, 1.165) is 37.8 Å². The smallest absolute Gasteiger partial charge is 0.191 e. The first-order valence-electron chi connectivity index (χ1n) is 10.2. The van der Waals surface area contributed by atoms with Crippen molar-refractivity contribution in [1.29, 1.82) is 0 Å². The standard InChI is InChI=1S/C22H32N4O2/c1-18(19-8-5-9-20(16-19)26-12-3-4-13-26)25-22(23-2)24-11-7-14-27-17-21-10-6-15-28-21/h5-6,8-10,15-16,18H,3-4,7,11-14,17H2,1-2H3,(H2,23,24,25). The maximum atomic E-state index is 5.61. The first kappa shape index (κ1) is 20.3. The average molecular weight is 385 g/mol. The Hall–Kier alpha value is -2.47. The third-order valence-electron chi connectivity index (χ3n) is 5.00. The van der Waals surface area contributed by atoms with Crippen molar-refractivity contribution >= 4 is 11.6 Å². The number of aliphatic imine (C=N–C) groups is 1. The molecule has 0 radical (unpaired) electrons. The van der Waals surface area contributed by atoms with Crippen molar-refractivity contribution in [3.8, 4) is 0 Å². The van der Waals surface area contributed by atoms with Gasteiger partial charge >= 0.3 is 0 Å². The van der Waals surface area contributed by atoms with Gasteiger partial charge in [-0.2, -0.15) is 0 Å². The Kier molecular flexibility index (Phi) is 7.79. The van der Waals surface area contributed by atoms with Crippen LogP contribution in [0.3, 0.4) is 0 Å². The summed E-state index contributed by atoms with van der Waals surface area (Å²) in [7, 11) is 1.80. The van der Waals surface area contributed by atoms with Crippen LogP contribution in [0.4, 0.5) is 5.69 Å². The van der Waals surface area contributed by atoms with E-state index in [1.807, 2.05) is 12.1 Å². The zero-order valence-electron chi connectivity index (χ0n) is 17.0. The van der Waals surface area contributed by atoms with Crippen LogP contribution in [0.1, 0.15) is 43.6 Å². The van der Waals surface area contributed by atoms with Gasteiger partial charge in [-0.1, -0.05) is 12.1 Å². The number of furan rings is 1. The summed E-state index contributed by atoms with van der Waals surface area (Å²) in [6.45, 7) is 6.50. The lowest BCUT2D eigenvalue weighted by atomic mass is 10.1. The Morgan fingerprint density at radius 2 is 2.11 bits per heavy atom. The van der Waals surface area contributed by atoms with Gasteiger partial charge in [-0.15, -0.1) is 0 Å². The van der Waals surface area contributed by atoms with Crippen molar-refractivity contribution in [2.24, 2.45) is 4.99 Å². The van der Waals surface area contributed by atoms with Crippen LogP contribution >= 0.6 is 0 Å². The second-order valence-electron chi connectivity index (χ2n) is 7.14. The lowest BCUT2D eigenvalue weighted by Crippen LogP contribution is -2.39. The first-order chi connectivity index (χ1) is 13.8. The molecule has 2 aromatic rings. The van der Waals surface area contributed by atoms with Crippen LogP contribution in [-0.4, -0.2) is 39.2 Å². The molecule has 3 rings (SSSR count). The Morgan fingerprint density at radius 1 is 1.25 bits per heavy atom. The Labute approximate surface area is 168 Å². The highest BCUT2D eigenvalue weighted by Gasteiger charge is 2.14. The minimum Gasteiger partial charge on any atom is -0.467 e. The van der Waals surface area contributed by atoms with E-state index in [1.165, 1.54) is 24.1 Å². The summed E-state index contributed by atoms with van der Waals surface area (Å²) in [5.41, 5.74) is 2.59. The first-order valence-corrected chi connectivity index (χ1v) is 10.2. The molecule has 1 atom stereocenters. The van der Waals surface area contributed by atoms with Gasteiger partial charge in [-0.3, -0.25) is 4.99 Å². The molecule has 0 aliphatic carbocycles. The predicted molar refractivity (Wildman–Crippen MR) is 114 cm³/mol. The lowest BCUT2D eigenvalue weighted by molar-refractivity contribution is 0.105. The fraction of sp³-hybridized carbons (Fsp3) is 0.500. The molecule has 0 amide bonds. The molecule has 0 spiro atoms. The third-order valence-corrected chi connectivity index (χ3v) is 5.00. The number of guanidine groups is 1. The van der Waals surface area contributed by atoms with Crippen LogP contribution in [0.25, 0.3) is 0 Å². The van der Waals surface area contributed by atoms with Gasteiger partial charge in [0.05, 0.1) is 12.3 Å². The van der Waals surface area contributed by atoms with Crippen LogP contribution < -0.4 is 15.5 Å². The maximum Gasteiger partial charge on any atom is 0.191 e. The average Bonchev–Trinajstić information content (AvgIpc) is 3.44. The van der Waals surface area contributed by atoms with E-state index in [1.54, 1.807) is 13.3 Å². The summed E-state index contributed by atoms with van der Waals surface area (Å²) >= 11 is 0. The van der Waals surface area contributed by atoms with Crippen molar-refractivity contribution in [3.05, 3.63) is 54.0 Å². The van der Waals surface area contributed by atoms with E-state index >= 15 is 0 Å². The van der Waals surface area contributed by atoms with Crippen LogP contribution in [0.15, 0.2) is 52.1 Å². The van der Waals surface area contributed by atoms with E-state index in [2.05, 4.69) is 51.7 Å². The van der Waals surface area contributed by atoms with Gasteiger partial charge in [0, 0.05) is 39.0 Å². The molecule has 6 nitrogen and oxygen atoms in total. The summed E-state index contributed by atoms with van der Waals surface area (Å²) in [6.07, 6.45) is 5.15. The SMILES string of the molecule is CN=C(NCCCOCc1ccco1)NC(C)c1cccc(N2CCCC2)c1. The van der Waals surface area contributed by atoms with Crippen molar-refractivity contribution in [2.45, 2.75) is 38.8 Å². The van der Waals surface area contributed by atoms with Gasteiger partial charge in [0.15, 0.2) is 5.96 Å². The fourth-order valence-electron chi connectivity index (χ4n) is 3.40. The predicted octanol–water partition coefficient (Wildman–Crippen LogP) is 3.71. The maximum absolute atomic E-state index is 5.61. The molecular weight excluding hydrogens is 352 g/mol. The number of nitrogens with zero attached hydrogens (tertiary/aromatic N) is 2. The van der Waals surface area contributed by atoms with Crippen molar-refractivity contribution in [3.63, 3.8) is 0 Å². The van der Waals surface area contributed by atoms with Crippen LogP contribution in [0.2, 0.25) is 0 Å². The van der Waals surface area contributed by atoms with Crippen LogP contribution in [0, 0.1) is 0 Å². The number of hydrogen-bond donors (Lipinski definition) is 2. The van der Waals surface area contributed by atoms with Crippen LogP contribution in [-0.2, 0) is 11.3 Å². The molecule has 2 heterocycles. The molecule has 1 unspecified atom stereocenters. The second kappa shape index (κ2) is 10.8. The molecule has 1 fully saturated rings. The second-order valence-corrected chi connectivity index (χ2v) is 7.14. The largest absolute Gasteiger partial charge is 0.467 e. The molecule has 1 aliphatic heterocycles. The number of rotatable bonds is 9. The molecule has 6 heteroatoms. The van der Waals surface area contributed by atoms with Gasteiger partial charge < -0.3 is 24.7 Å². The van der Waals surface area contributed by atoms with Crippen molar-refractivity contribution in [2.75, 3.05) is 38.2 Å². The monoisotopic (exact) mass is 384 g/mol. The summed E-state index contributed by atoms with van der Waals surface area (Å²) in [6, 6.07) is 12.8. The minimum absolute atomic E-state index is 0.184. The molecule has 152 valence electrons. The van der Waals surface area contributed by atoms with Crippen molar-refractivity contribution in [1.82, 2.24) is 10.6 Å². The molecule has 2 N–H and O–H groups in total. The van der Waals surface area contributed by atoms with Crippen LogP contribution in [0.5, 0.6) is 0 Å². The quantitative estimate of drug-likeness (QED) is 0.392. The Balaban J connectivity index is 1.39. The number of benzene rings is 1. The zero-order valence-corrected chi connectivity index (χ0v) is 17.0. The highest BCUT2D eigenvalue weighted by Crippen LogP contribution is 2.23. The summed E-state index contributed by atoms with van der Waals surface area (Å²) in [5, 5.41) is 6.84. The molecule has 1 aliphatic rings. The van der Waals surface area contributed by atoms with E-state index in [0.29, 0.717) is 13.2 Å². The third kappa shape index (κ3) is 6.02.